The van der Waals surface area contributed by atoms with E-state index in [1.54, 1.807) is 0 Å². The molecule has 0 fully saturated rings. The van der Waals surface area contributed by atoms with E-state index >= 15 is 0 Å². The fourth-order valence-corrected chi connectivity index (χ4v) is 0. The van der Waals surface area contributed by atoms with Crippen molar-refractivity contribution < 1.29 is 53.1 Å². The Labute approximate surface area is 82.6 Å². The Morgan fingerprint density at radius 1 is 0.375 bits per heavy atom. The molecule has 0 aromatic rings. The van der Waals surface area contributed by atoms with E-state index in [0.29, 0.717) is 0 Å². The van der Waals surface area contributed by atoms with Crippen molar-refractivity contribution in [2.24, 2.45) is 0 Å². The van der Waals surface area contributed by atoms with Crippen molar-refractivity contribution >= 4 is 0 Å². The molecule has 0 aliphatic heterocycles. The molecule has 56 valence electrons. The summed E-state index contributed by atoms with van der Waals surface area (Å²) in [5, 5.41) is 0. The summed E-state index contributed by atoms with van der Waals surface area (Å²) in [6.45, 7) is 0. The van der Waals surface area contributed by atoms with Crippen molar-refractivity contribution in [2.75, 3.05) is 0 Å². The van der Waals surface area contributed by atoms with Crippen LogP contribution in [0.4, 0.5) is 0 Å². The topological polar surface area (TPSA) is 63.0 Å². The number of hydrogen-bond acceptors (Lipinski definition) is 0. The molecule has 0 aromatic carbocycles. The van der Waals surface area contributed by atoms with Gasteiger partial charge < -0.3 is 40.7 Å². The Balaban J connectivity index is 0. The molecule has 0 heterocycles. The van der Waals surface area contributed by atoms with Gasteiger partial charge in [0.2, 0.25) is 0 Å². The molecule has 0 atom stereocenters. The minimum atomic E-state index is 0. The molecule has 2 nitrogen and oxygen atoms in total. The Hall–Kier alpha value is 1.30. The average Bonchev–Trinajstić information content (AvgIpc) is 0. The quantitative estimate of drug-likeness (QED) is 0.450. The van der Waals surface area contributed by atoms with Gasteiger partial charge in [0.1, 0.15) is 0 Å². The van der Waals surface area contributed by atoms with Gasteiger partial charge in [0, 0.05) is 0 Å². The summed E-state index contributed by atoms with van der Waals surface area (Å²) in [4.78, 5) is 0. The summed E-state index contributed by atoms with van der Waals surface area (Å²) in [7, 11) is 0. The largest absolute Gasteiger partial charge is 2.00 e. The predicted molar refractivity (Wildman–Crippen MR) is 32.9 cm³/mol. The van der Waals surface area contributed by atoms with Gasteiger partial charge in [-0.15, -0.1) is 0 Å². The molecule has 4 heteroatoms. The number of hydrogen-bond donors (Lipinski definition) is 0. The van der Waals surface area contributed by atoms with Crippen LogP contribution in [-0.4, -0.2) is 11.0 Å². The summed E-state index contributed by atoms with van der Waals surface area (Å²) < 4.78 is 0. The fraction of sp³-hybridized carbons (Fsp3) is 0. The molecule has 0 amide bonds. The molecule has 0 aliphatic rings. The Kier molecular flexibility index (Phi) is 12500. The minimum Gasteiger partial charge on any atom is -0.412 e. The molecule has 0 aliphatic carbocycles. The van der Waals surface area contributed by atoms with Crippen LogP contribution in [0.3, 0.4) is 0 Å². The van der Waals surface area contributed by atoms with Crippen LogP contribution in [-0.2, 0) is 42.1 Å². The summed E-state index contributed by atoms with van der Waals surface area (Å²) >= 11 is 0. The van der Waals surface area contributed by atoms with Crippen LogP contribution in [0.25, 0.3) is 0 Å². The van der Waals surface area contributed by atoms with Crippen LogP contribution in [0, 0.1) is 29.7 Å². The van der Waals surface area contributed by atoms with Crippen molar-refractivity contribution in [1.29, 1.82) is 0 Å². The minimum absolute atomic E-state index is 0. The molecule has 0 saturated heterocycles. The summed E-state index contributed by atoms with van der Waals surface area (Å²) in [6.07, 6.45) is 0. The first-order valence-electron chi connectivity index (χ1n) is 0. The van der Waals surface area contributed by atoms with Gasteiger partial charge in [0.05, 0.1) is 0 Å². The summed E-state index contributed by atoms with van der Waals surface area (Å²) in [6, 6.07) is 0. The maximum absolute atomic E-state index is 0. The zero-order valence-corrected chi connectivity index (χ0v) is 9.83. The second kappa shape index (κ2) is 263. The predicted octanol–water partition coefficient (Wildman–Crippen LogP) is 0.147. The van der Waals surface area contributed by atoms with E-state index in [4.69, 9.17) is 0 Å². The van der Waals surface area contributed by atoms with Crippen molar-refractivity contribution in [2.45, 2.75) is 0 Å². The normalized spacial score (nSPS) is 0. The van der Waals surface area contributed by atoms with Crippen LogP contribution in [0.15, 0.2) is 0 Å². The van der Waals surface area contributed by atoms with Gasteiger partial charge >= 0.3 is 42.1 Å². The molecule has 4 N–H and O–H groups in total. The van der Waals surface area contributed by atoms with Crippen LogP contribution < -0.4 is 0 Å². The SMILES string of the molecule is O.O.[CH3-].[CH3-].[CH3-].[CH3-].[Mo+2].[Mo+2]. The summed E-state index contributed by atoms with van der Waals surface area (Å²) in [5.41, 5.74) is 0. The first-order valence-corrected chi connectivity index (χ1v) is 0. The third-order valence-electron chi connectivity index (χ3n) is 0. The smallest absolute Gasteiger partial charge is 0.412 e. The Morgan fingerprint density at radius 2 is 0.375 bits per heavy atom. The van der Waals surface area contributed by atoms with Gasteiger partial charge in [-0.25, -0.2) is 0 Å². The third-order valence-corrected chi connectivity index (χ3v) is 0. The van der Waals surface area contributed by atoms with E-state index in [9.17, 15) is 0 Å². The van der Waals surface area contributed by atoms with Crippen molar-refractivity contribution in [1.82, 2.24) is 0 Å². The summed E-state index contributed by atoms with van der Waals surface area (Å²) in [5.74, 6) is 0. The van der Waals surface area contributed by atoms with Gasteiger partial charge in [0.25, 0.3) is 0 Å². The van der Waals surface area contributed by atoms with Crippen LogP contribution in [0.1, 0.15) is 0 Å². The van der Waals surface area contributed by atoms with Gasteiger partial charge in [0.15, 0.2) is 0 Å². The fourth-order valence-electron chi connectivity index (χ4n) is 0. The van der Waals surface area contributed by atoms with E-state index in [-0.39, 0.29) is 82.8 Å². The van der Waals surface area contributed by atoms with E-state index in [1.807, 2.05) is 0 Å². The maximum atomic E-state index is 0. The maximum Gasteiger partial charge on any atom is 2.00 e. The monoisotopic (exact) mass is 292 g/mol. The molecule has 0 saturated carbocycles. The average molecular weight is 288 g/mol. The molecule has 0 unspecified atom stereocenters. The van der Waals surface area contributed by atoms with Crippen LogP contribution in [0.5, 0.6) is 0 Å². The number of rotatable bonds is 0. The van der Waals surface area contributed by atoms with Crippen LogP contribution in [0.2, 0.25) is 0 Å². The molecule has 0 rings (SSSR count). The molecular formula is C4H16Mo2O2. The molecule has 8 heavy (non-hydrogen) atoms. The molecule has 0 radical (unpaired) electrons. The van der Waals surface area contributed by atoms with Gasteiger partial charge in [-0.05, 0) is 0 Å². The zero-order valence-electron chi connectivity index (χ0n) is 5.82. The molecule has 0 spiro atoms. The first-order chi connectivity index (χ1) is 0. The first kappa shape index (κ1) is 381. The second-order valence-electron chi connectivity index (χ2n) is 0. The Bertz CT molecular complexity index is 12.0. The molecule has 0 bridgehead atoms. The molecule has 0 aromatic heterocycles. The Morgan fingerprint density at radius 3 is 0.375 bits per heavy atom. The van der Waals surface area contributed by atoms with Gasteiger partial charge in [-0.2, -0.15) is 0 Å². The van der Waals surface area contributed by atoms with E-state index in [0.717, 1.165) is 0 Å². The molecular weight excluding hydrogens is 272 g/mol. The van der Waals surface area contributed by atoms with E-state index in [2.05, 4.69) is 0 Å². The van der Waals surface area contributed by atoms with Crippen molar-refractivity contribution in [3.8, 4) is 0 Å². The van der Waals surface area contributed by atoms with E-state index in [1.165, 1.54) is 0 Å². The van der Waals surface area contributed by atoms with Gasteiger partial charge in [-0.1, -0.05) is 0 Å². The van der Waals surface area contributed by atoms with E-state index < -0.39 is 0 Å². The third kappa shape index (κ3) is 172. The van der Waals surface area contributed by atoms with Crippen molar-refractivity contribution in [3.05, 3.63) is 29.7 Å². The zero-order chi connectivity index (χ0) is 0. The van der Waals surface area contributed by atoms with Gasteiger partial charge in [-0.3, -0.25) is 0 Å². The second-order valence-corrected chi connectivity index (χ2v) is 0. The standard InChI is InChI=1S/4CH3.2Mo.2H2O/h4*1H3;;;2*1H2/q4*-1;2*+2;;. The van der Waals surface area contributed by atoms with Crippen molar-refractivity contribution in [3.63, 3.8) is 0 Å². The van der Waals surface area contributed by atoms with Crippen LogP contribution >= 0.6 is 0 Å².